The first kappa shape index (κ1) is 23.4. The number of hydrogen-bond donors (Lipinski definition) is 1. The lowest BCUT2D eigenvalue weighted by Crippen LogP contribution is -2.43. The molecule has 0 aliphatic carbocycles. The van der Waals surface area contributed by atoms with Gasteiger partial charge >= 0.3 is 16.4 Å². The highest BCUT2D eigenvalue weighted by Gasteiger charge is 2.36. The van der Waals surface area contributed by atoms with Gasteiger partial charge in [0.1, 0.15) is 16.4 Å². The predicted octanol–water partition coefficient (Wildman–Crippen LogP) is 3.43. The van der Waals surface area contributed by atoms with Crippen molar-refractivity contribution >= 4 is 33.5 Å². The molecule has 1 aliphatic heterocycles. The van der Waals surface area contributed by atoms with E-state index in [0.717, 1.165) is 36.7 Å². The molecule has 3 heterocycles. The van der Waals surface area contributed by atoms with Gasteiger partial charge in [0.2, 0.25) is 0 Å². The molecular weight excluding hydrogens is 482 g/mol. The molecule has 1 atom stereocenters. The number of nitrogens with one attached hydrogen (secondary N) is 1. The van der Waals surface area contributed by atoms with Gasteiger partial charge in [-0.05, 0) is 43.3 Å². The topological polar surface area (TPSA) is 114 Å². The van der Waals surface area contributed by atoms with Crippen LogP contribution in [0.1, 0.15) is 39.4 Å². The number of fused-ring (bicyclic) bond motifs is 1. The summed E-state index contributed by atoms with van der Waals surface area (Å²) < 4.78 is 74.7. The molecule has 2 aromatic heterocycles. The van der Waals surface area contributed by atoms with Crippen molar-refractivity contribution in [3.63, 3.8) is 0 Å². The van der Waals surface area contributed by atoms with Crippen LogP contribution in [-0.2, 0) is 16.4 Å². The molecule has 0 radical (unpaired) electrons. The number of carbonyl (C=O) groups is 2. The van der Waals surface area contributed by atoms with E-state index in [0.29, 0.717) is 0 Å². The molecular formula is C20H15F4N5O4S. The van der Waals surface area contributed by atoms with Crippen molar-refractivity contribution in [2.45, 2.75) is 24.0 Å². The minimum Gasteiger partial charge on any atom is -0.306 e. The maximum atomic E-state index is 13.2. The lowest BCUT2D eigenvalue weighted by molar-refractivity contribution is -0.137. The highest BCUT2D eigenvalue weighted by atomic mass is 32.3. The second-order valence-electron chi connectivity index (χ2n) is 7.43. The summed E-state index contributed by atoms with van der Waals surface area (Å²) >= 11 is 0. The molecule has 34 heavy (non-hydrogen) atoms. The molecule has 2 amide bonds. The van der Waals surface area contributed by atoms with Gasteiger partial charge < -0.3 is 10.2 Å². The van der Waals surface area contributed by atoms with Gasteiger partial charge in [-0.1, -0.05) is 0 Å². The highest BCUT2D eigenvalue weighted by Crippen LogP contribution is 2.33. The van der Waals surface area contributed by atoms with Gasteiger partial charge in [0, 0.05) is 12.2 Å². The minimum atomic E-state index is -4.96. The zero-order chi connectivity index (χ0) is 24.8. The molecule has 0 saturated carbocycles. The van der Waals surface area contributed by atoms with Crippen LogP contribution in [0.5, 0.6) is 0 Å². The van der Waals surface area contributed by atoms with Crippen molar-refractivity contribution in [1.82, 2.24) is 14.8 Å². The summed E-state index contributed by atoms with van der Waals surface area (Å²) in [5.74, 6) is -1.54. The van der Waals surface area contributed by atoms with E-state index in [9.17, 15) is 35.1 Å². The van der Waals surface area contributed by atoms with Gasteiger partial charge in [-0.15, -0.1) is 3.89 Å². The van der Waals surface area contributed by atoms with Crippen LogP contribution in [0.4, 0.5) is 28.6 Å². The third-order valence-electron chi connectivity index (χ3n) is 5.12. The molecule has 0 saturated heterocycles. The Kier molecular flexibility index (Phi) is 5.63. The molecule has 14 heteroatoms. The van der Waals surface area contributed by atoms with E-state index in [1.807, 2.05) is 0 Å². The standard InChI is InChI=1S/C20H15F4N5O4S/c1-11-10-28(13-4-2-12(3-5-13)20(21,22)23)19(31)17-15(9-26-29(11)17)18(30)27-16-7-6-14(8-25-16)34(24,32)33/h2-9,11H,10H2,1H3,(H,25,27,30)/t11-/m0/s1. The van der Waals surface area contributed by atoms with E-state index >= 15 is 0 Å². The maximum Gasteiger partial charge on any atom is 0.416 e. The van der Waals surface area contributed by atoms with Crippen LogP contribution in [-0.4, -0.2) is 41.5 Å². The third-order valence-corrected chi connectivity index (χ3v) is 5.92. The fourth-order valence-corrected chi connectivity index (χ4v) is 3.87. The number of benzene rings is 1. The number of rotatable bonds is 4. The molecule has 0 spiro atoms. The Hall–Kier alpha value is -3.81. The Morgan fingerprint density at radius 3 is 2.35 bits per heavy atom. The number of hydrogen-bond acceptors (Lipinski definition) is 6. The monoisotopic (exact) mass is 497 g/mol. The Morgan fingerprint density at radius 2 is 1.79 bits per heavy atom. The summed E-state index contributed by atoms with van der Waals surface area (Å²) in [6.45, 7) is 1.83. The molecule has 0 unspecified atom stereocenters. The van der Waals surface area contributed by atoms with Crippen LogP contribution in [0.15, 0.2) is 53.7 Å². The van der Waals surface area contributed by atoms with Crippen molar-refractivity contribution in [2.75, 3.05) is 16.8 Å². The molecule has 1 N–H and O–H groups in total. The first-order valence-electron chi connectivity index (χ1n) is 9.65. The van der Waals surface area contributed by atoms with Gasteiger partial charge in [0.15, 0.2) is 0 Å². The van der Waals surface area contributed by atoms with Crippen molar-refractivity contribution in [1.29, 1.82) is 0 Å². The smallest absolute Gasteiger partial charge is 0.306 e. The first-order valence-corrected chi connectivity index (χ1v) is 11.0. The van der Waals surface area contributed by atoms with Crippen LogP contribution >= 0.6 is 0 Å². The van der Waals surface area contributed by atoms with E-state index < -0.39 is 44.7 Å². The van der Waals surface area contributed by atoms with Gasteiger partial charge in [0.05, 0.1) is 29.6 Å². The van der Waals surface area contributed by atoms with E-state index in [2.05, 4.69) is 15.4 Å². The molecule has 0 fully saturated rings. The SMILES string of the molecule is C[C@H]1CN(c2ccc(C(F)(F)F)cc2)C(=O)c2c(C(=O)Nc3ccc(S(=O)(=O)F)cn3)cnn21. The van der Waals surface area contributed by atoms with Crippen molar-refractivity contribution < 1.29 is 35.1 Å². The minimum absolute atomic E-state index is 0.0842. The molecule has 1 aromatic carbocycles. The molecule has 9 nitrogen and oxygen atoms in total. The number of pyridine rings is 1. The number of amides is 2. The second-order valence-corrected chi connectivity index (χ2v) is 8.78. The summed E-state index contributed by atoms with van der Waals surface area (Å²) in [5.41, 5.74) is -0.858. The Balaban J connectivity index is 1.61. The largest absolute Gasteiger partial charge is 0.416 e. The Labute approximate surface area is 190 Å². The Bertz CT molecular complexity index is 1370. The van der Waals surface area contributed by atoms with Crippen LogP contribution < -0.4 is 10.2 Å². The van der Waals surface area contributed by atoms with E-state index in [1.165, 1.54) is 21.7 Å². The van der Waals surface area contributed by atoms with E-state index in [1.54, 1.807) is 6.92 Å². The average Bonchev–Trinajstić information content (AvgIpc) is 3.22. The normalized spacial score (nSPS) is 16.3. The third kappa shape index (κ3) is 4.35. The zero-order valence-corrected chi connectivity index (χ0v) is 18.1. The number of nitrogens with zero attached hydrogens (tertiary/aromatic N) is 4. The summed E-state index contributed by atoms with van der Waals surface area (Å²) in [4.78, 5) is 30.2. The van der Waals surface area contributed by atoms with Gasteiger partial charge in [-0.3, -0.25) is 14.3 Å². The number of alkyl halides is 3. The first-order chi connectivity index (χ1) is 15.9. The fraction of sp³-hybridized carbons (Fsp3) is 0.200. The van der Waals surface area contributed by atoms with Gasteiger partial charge in [0.25, 0.3) is 11.8 Å². The van der Waals surface area contributed by atoms with Crippen LogP contribution in [0.3, 0.4) is 0 Å². The molecule has 1 aliphatic rings. The molecule has 178 valence electrons. The predicted molar refractivity (Wildman–Crippen MR) is 111 cm³/mol. The lowest BCUT2D eigenvalue weighted by Gasteiger charge is -2.32. The molecule has 0 bridgehead atoms. The maximum absolute atomic E-state index is 13.2. The van der Waals surface area contributed by atoms with Crippen LogP contribution in [0.2, 0.25) is 0 Å². The van der Waals surface area contributed by atoms with Gasteiger partial charge in [-0.2, -0.15) is 26.7 Å². The lowest BCUT2D eigenvalue weighted by atomic mass is 10.1. The number of anilines is 2. The van der Waals surface area contributed by atoms with E-state index in [4.69, 9.17) is 0 Å². The van der Waals surface area contributed by atoms with Crippen molar-refractivity contribution in [2.24, 2.45) is 0 Å². The fourth-order valence-electron chi connectivity index (χ4n) is 3.46. The quantitative estimate of drug-likeness (QED) is 0.437. The number of aromatic nitrogens is 3. The second kappa shape index (κ2) is 8.20. The summed E-state index contributed by atoms with van der Waals surface area (Å²) in [6.07, 6.45) is -2.64. The highest BCUT2D eigenvalue weighted by molar-refractivity contribution is 7.86. The van der Waals surface area contributed by atoms with E-state index in [-0.39, 0.29) is 29.3 Å². The zero-order valence-electron chi connectivity index (χ0n) is 17.2. The Morgan fingerprint density at radius 1 is 1.12 bits per heavy atom. The number of halogens is 4. The van der Waals surface area contributed by atoms with Crippen LogP contribution in [0, 0.1) is 0 Å². The van der Waals surface area contributed by atoms with Crippen molar-refractivity contribution in [3.8, 4) is 0 Å². The van der Waals surface area contributed by atoms with Crippen LogP contribution in [0.25, 0.3) is 0 Å². The molecule has 3 aromatic rings. The average molecular weight is 497 g/mol. The summed E-state index contributed by atoms with van der Waals surface area (Å²) in [6, 6.07) is 5.64. The van der Waals surface area contributed by atoms with Gasteiger partial charge in [-0.25, -0.2) is 4.98 Å². The van der Waals surface area contributed by atoms with Crippen molar-refractivity contribution in [3.05, 3.63) is 65.6 Å². The molecule has 4 rings (SSSR count). The summed E-state index contributed by atoms with van der Waals surface area (Å²) in [7, 11) is -4.96. The summed E-state index contributed by atoms with van der Waals surface area (Å²) in [5, 5.41) is 6.45. The number of carbonyl (C=O) groups excluding carboxylic acids is 2.